The Morgan fingerprint density at radius 3 is 1.76 bits per heavy atom. The zero-order chi connectivity index (χ0) is 13.0. The molecule has 1 atom stereocenters. The highest BCUT2D eigenvalue weighted by atomic mass is 19.1. The van der Waals surface area contributed by atoms with Gasteiger partial charge in [-0.2, -0.15) is 0 Å². The van der Waals surface area contributed by atoms with E-state index in [0.29, 0.717) is 12.8 Å². The summed E-state index contributed by atoms with van der Waals surface area (Å²) in [7, 11) is 0. The first-order chi connectivity index (χ1) is 8.18. The molecule has 17 heavy (non-hydrogen) atoms. The average Bonchev–Trinajstić information content (AvgIpc) is 2.33. The van der Waals surface area contributed by atoms with Gasteiger partial charge in [-0.15, -0.1) is 0 Å². The maximum absolute atomic E-state index is 14.1. The highest BCUT2D eigenvalue weighted by Gasteiger charge is 2.25. The Hall–Kier alpha value is -0.110. The van der Waals surface area contributed by atoms with Gasteiger partial charge in [0.25, 0.3) is 0 Å². The molecule has 0 radical (unpaired) electrons. The maximum Gasteiger partial charge on any atom is 0.123 e. The lowest BCUT2D eigenvalue weighted by Gasteiger charge is -2.22. The average molecular weight is 245 g/mol. The van der Waals surface area contributed by atoms with Gasteiger partial charge in [-0.3, -0.25) is 0 Å². The van der Waals surface area contributed by atoms with Crippen molar-refractivity contribution in [3.8, 4) is 0 Å². The smallest absolute Gasteiger partial charge is 0.123 e. The minimum absolute atomic E-state index is 0.192. The number of rotatable bonds is 12. The first-order valence-electron chi connectivity index (χ1n) is 7.57. The summed E-state index contributed by atoms with van der Waals surface area (Å²) in [5.74, 6) is 0. The van der Waals surface area contributed by atoms with Crippen molar-refractivity contribution in [3.63, 3.8) is 0 Å². The molecule has 0 saturated carbocycles. The fourth-order valence-corrected chi connectivity index (χ4v) is 2.35. The van der Waals surface area contributed by atoms with Crippen molar-refractivity contribution in [1.82, 2.24) is 0 Å². The minimum Gasteiger partial charge on any atom is -0.328 e. The van der Waals surface area contributed by atoms with Crippen molar-refractivity contribution >= 4 is 0 Å². The van der Waals surface area contributed by atoms with Crippen LogP contribution < -0.4 is 5.73 Å². The predicted octanol–water partition coefficient (Wildman–Crippen LogP) is 4.98. The van der Waals surface area contributed by atoms with E-state index < -0.39 is 5.67 Å². The van der Waals surface area contributed by atoms with Crippen LogP contribution in [0.1, 0.15) is 84.5 Å². The Morgan fingerprint density at radius 2 is 1.29 bits per heavy atom. The molecule has 0 heterocycles. The van der Waals surface area contributed by atoms with Gasteiger partial charge in [-0.25, -0.2) is 4.39 Å². The van der Waals surface area contributed by atoms with Crippen molar-refractivity contribution < 1.29 is 4.39 Å². The number of hydrogen-bond acceptors (Lipinski definition) is 1. The Kier molecular flexibility index (Phi) is 10.9. The second kappa shape index (κ2) is 11.0. The first-order valence-corrected chi connectivity index (χ1v) is 7.57. The van der Waals surface area contributed by atoms with E-state index in [1.165, 1.54) is 44.9 Å². The Morgan fingerprint density at radius 1 is 0.765 bits per heavy atom. The molecule has 2 heteroatoms. The number of alkyl halides is 1. The minimum atomic E-state index is -1.09. The van der Waals surface area contributed by atoms with Crippen LogP contribution in [0.15, 0.2) is 0 Å². The zero-order valence-electron chi connectivity index (χ0n) is 11.9. The summed E-state index contributed by atoms with van der Waals surface area (Å²) in [5.41, 5.74) is 4.43. The molecule has 0 amide bonds. The van der Waals surface area contributed by atoms with Crippen LogP contribution >= 0.6 is 0 Å². The van der Waals surface area contributed by atoms with Crippen LogP contribution in [0.2, 0.25) is 0 Å². The summed E-state index contributed by atoms with van der Waals surface area (Å²) < 4.78 is 14.1. The van der Waals surface area contributed by atoms with Crippen molar-refractivity contribution in [2.45, 2.75) is 90.1 Å². The van der Waals surface area contributed by atoms with E-state index in [1.54, 1.807) is 0 Å². The van der Waals surface area contributed by atoms with Gasteiger partial charge < -0.3 is 5.73 Å². The van der Waals surface area contributed by atoms with E-state index in [1.807, 2.05) is 6.92 Å². The quantitative estimate of drug-likeness (QED) is 0.482. The van der Waals surface area contributed by atoms with Gasteiger partial charge in [0, 0.05) is 6.54 Å². The molecule has 0 spiro atoms. The molecule has 0 aliphatic rings. The highest BCUT2D eigenvalue weighted by molar-refractivity contribution is 4.79. The van der Waals surface area contributed by atoms with Crippen LogP contribution in [0.25, 0.3) is 0 Å². The third kappa shape index (κ3) is 9.58. The standard InChI is InChI=1S/C15H32FN/c1-3-5-6-7-8-9-10-11-13-15(16,14-17)12-4-2/h3-14,17H2,1-2H3. The van der Waals surface area contributed by atoms with Crippen LogP contribution in [0, 0.1) is 0 Å². The second-order valence-corrected chi connectivity index (χ2v) is 5.33. The molecule has 0 aromatic heterocycles. The van der Waals surface area contributed by atoms with Crippen LogP contribution in [0.5, 0.6) is 0 Å². The lowest BCUT2D eigenvalue weighted by molar-refractivity contribution is 0.141. The van der Waals surface area contributed by atoms with E-state index in [9.17, 15) is 4.39 Å². The largest absolute Gasteiger partial charge is 0.328 e. The van der Waals surface area contributed by atoms with Gasteiger partial charge >= 0.3 is 0 Å². The molecule has 104 valence electrons. The Bertz CT molecular complexity index is 161. The summed E-state index contributed by atoms with van der Waals surface area (Å²) in [4.78, 5) is 0. The number of hydrogen-bond donors (Lipinski definition) is 1. The Labute approximate surface area is 107 Å². The summed E-state index contributed by atoms with van der Waals surface area (Å²) in [6.45, 7) is 4.45. The normalized spacial score (nSPS) is 14.8. The van der Waals surface area contributed by atoms with Crippen LogP contribution in [0.4, 0.5) is 4.39 Å². The van der Waals surface area contributed by atoms with Crippen molar-refractivity contribution in [1.29, 1.82) is 0 Å². The predicted molar refractivity (Wildman–Crippen MR) is 75.0 cm³/mol. The van der Waals surface area contributed by atoms with Gasteiger partial charge in [0.05, 0.1) is 0 Å². The zero-order valence-corrected chi connectivity index (χ0v) is 11.9. The fourth-order valence-electron chi connectivity index (χ4n) is 2.35. The van der Waals surface area contributed by atoms with Gasteiger partial charge in [-0.1, -0.05) is 71.6 Å². The topological polar surface area (TPSA) is 26.0 Å². The second-order valence-electron chi connectivity index (χ2n) is 5.33. The van der Waals surface area contributed by atoms with E-state index in [2.05, 4.69) is 6.92 Å². The number of halogens is 1. The summed E-state index contributed by atoms with van der Waals surface area (Å²) in [6.07, 6.45) is 12.3. The molecule has 0 aromatic rings. The highest BCUT2D eigenvalue weighted by Crippen LogP contribution is 2.24. The number of unbranched alkanes of at least 4 members (excludes halogenated alkanes) is 7. The molecule has 0 saturated heterocycles. The molecule has 0 aliphatic heterocycles. The SMILES string of the molecule is CCCCCCCCCCC(F)(CN)CCC. The molecule has 0 rings (SSSR count). The fraction of sp³-hybridized carbons (Fsp3) is 1.00. The number of nitrogens with two attached hydrogens (primary N) is 1. The van der Waals surface area contributed by atoms with Gasteiger partial charge in [0.1, 0.15) is 5.67 Å². The van der Waals surface area contributed by atoms with Crippen molar-refractivity contribution in [2.24, 2.45) is 5.73 Å². The van der Waals surface area contributed by atoms with Gasteiger partial charge in [-0.05, 0) is 12.8 Å². The van der Waals surface area contributed by atoms with Gasteiger partial charge in [0.2, 0.25) is 0 Å². The van der Waals surface area contributed by atoms with Crippen molar-refractivity contribution in [2.75, 3.05) is 6.54 Å². The molecule has 2 N–H and O–H groups in total. The molecule has 0 aromatic carbocycles. The lowest BCUT2D eigenvalue weighted by Crippen LogP contribution is -2.32. The molecule has 1 nitrogen and oxygen atoms in total. The maximum atomic E-state index is 14.1. The van der Waals surface area contributed by atoms with Crippen LogP contribution in [0.3, 0.4) is 0 Å². The molecule has 0 bridgehead atoms. The van der Waals surface area contributed by atoms with E-state index >= 15 is 0 Å². The third-order valence-corrected chi connectivity index (χ3v) is 3.54. The van der Waals surface area contributed by atoms with E-state index in [0.717, 1.165) is 12.8 Å². The van der Waals surface area contributed by atoms with E-state index in [-0.39, 0.29) is 6.54 Å². The van der Waals surface area contributed by atoms with Crippen LogP contribution in [-0.4, -0.2) is 12.2 Å². The van der Waals surface area contributed by atoms with Crippen molar-refractivity contribution in [3.05, 3.63) is 0 Å². The molecule has 0 aliphatic carbocycles. The molecule has 0 fully saturated rings. The molecular weight excluding hydrogens is 213 g/mol. The van der Waals surface area contributed by atoms with E-state index in [4.69, 9.17) is 5.73 Å². The Balaban J connectivity index is 3.37. The molecular formula is C15H32FN. The first kappa shape index (κ1) is 16.9. The van der Waals surface area contributed by atoms with Gasteiger partial charge in [0.15, 0.2) is 0 Å². The monoisotopic (exact) mass is 245 g/mol. The third-order valence-electron chi connectivity index (χ3n) is 3.54. The van der Waals surface area contributed by atoms with Crippen LogP contribution in [-0.2, 0) is 0 Å². The summed E-state index contributed by atoms with van der Waals surface area (Å²) >= 11 is 0. The summed E-state index contributed by atoms with van der Waals surface area (Å²) in [6, 6.07) is 0. The molecule has 1 unspecified atom stereocenters. The summed E-state index contributed by atoms with van der Waals surface area (Å²) in [5, 5.41) is 0. The lowest BCUT2D eigenvalue weighted by atomic mass is 9.93.